The molecule has 6 nitrogen and oxygen atoms in total. The van der Waals surface area contributed by atoms with Gasteiger partial charge in [-0.05, 0) is 42.6 Å². The van der Waals surface area contributed by atoms with Gasteiger partial charge in [0.2, 0.25) is 0 Å². The van der Waals surface area contributed by atoms with Crippen molar-refractivity contribution in [2.45, 2.75) is 0 Å². The Labute approximate surface area is 138 Å². The minimum Gasteiger partial charge on any atom is -0.405 e. The van der Waals surface area contributed by atoms with Gasteiger partial charge >= 0.3 is 6.03 Å². The van der Waals surface area contributed by atoms with Crippen LogP contribution in [-0.4, -0.2) is 15.8 Å². The van der Waals surface area contributed by atoms with Gasteiger partial charge in [0.05, 0.1) is 17.6 Å². The number of urea groups is 1. The summed E-state index contributed by atoms with van der Waals surface area (Å²) in [4.78, 5) is 10.9. The Morgan fingerprint density at radius 1 is 1.39 bits per heavy atom. The minimum absolute atomic E-state index is 0.337. The van der Waals surface area contributed by atoms with Crippen molar-refractivity contribution in [3.05, 3.63) is 77.9 Å². The van der Waals surface area contributed by atoms with Gasteiger partial charge in [-0.25, -0.2) is 9.48 Å². The average Bonchev–Trinajstić information content (AvgIpc) is 2.95. The molecule has 0 saturated heterocycles. The van der Waals surface area contributed by atoms with E-state index in [2.05, 4.69) is 17.0 Å². The number of allylic oxidation sites excluding steroid dienone is 3. The Morgan fingerprint density at radius 3 is 2.83 bits per heavy atom. The van der Waals surface area contributed by atoms with Crippen LogP contribution in [0.1, 0.15) is 5.69 Å². The van der Waals surface area contributed by atoms with Crippen molar-refractivity contribution in [2.24, 2.45) is 11.5 Å². The van der Waals surface area contributed by atoms with Gasteiger partial charge in [-0.3, -0.25) is 0 Å². The molecule has 2 amide bonds. The Balaban J connectivity index is 2.46. The fourth-order valence-electron chi connectivity index (χ4n) is 2.03. The van der Waals surface area contributed by atoms with Gasteiger partial charge in [0.25, 0.3) is 0 Å². The van der Waals surface area contributed by atoms with Crippen molar-refractivity contribution < 1.29 is 4.79 Å². The van der Waals surface area contributed by atoms with Crippen LogP contribution in [0.3, 0.4) is 0 Å². The van der Waals surface area contributed by atoms with Crippen LogP contribution >= 0.6 is 11.6 Å². The number of halogens is 1. The molecule has 0 fully saturated rings. The predicted octanol–water partition coefficient (Wildman–Crippen LogP) is 2.56. The van der Waals surface area contributed by atoms with Crippen LogP contribution in [0.5, 0.6) is 0 Å². The second-order valence-electron chi connectivity index (χ2n) is 4.58. The highest BCUT2D eigenvalue weighted by molar-refractivity contribution is 6.30. The molecule has 0 aliphatic carbocycles. The van der Waals surface area contributed by atoms with Crippen molar-refractivity contribution in [1.29, 1.82) is 0 Å². The van der Waals surface area contributed by atoms with E-state index in [0.29, 0.717) is 16.3 Å². The smallest absolute Gasteiger partial charge is 0.316 e. The van der Waals surface area contributed by atoms with Gasteiger partial charge in [-0.2, -0.15) is 5.10 Å². The highest BCUT2D eigenvalue weighted by atomic mass is 35.5. The van der Waals surface area contributed by atoms with Crippen LogP contribution < -0.4 is 16.8 Å². The molecule has 2 rings (SSSR count). The van der Waals surface area contributed by atoms with Crippen molar-refractivity contribution in [1.82, 2.24) is 15.1 Å². The van der Waals surface area contributed by atoms with Gasteiger partial charge in [0.15, 0.2) is 0 Å². The summed E-state index contributed by atoms with van der Waals surface area (Å²) in [7, 11) is 0. The van der Waals surface area contributed by atoms with E-state index in [0.717, 1.165) is 11.4 Å². The van der Waals surface area contributed by atoms with E-state index in [1.165, 1.54) is 6.20 Å². The van der Waals surface area contributed by atoms with Crippen LogP contribution in [0, 0.1) is 0 Å². The van der Waals surface area contributed by atoms with Gasteiger partial charge in [-0.15, -0.1) is 0 Å². The third-order valence-electron chi connectivity index (χ3n) is 2.88. The Hall–Kier alpha value is -2.99. The predicted molar refractivity (Wildman–Crippen MR) is 91.7 cm³/mol. The maximum absolute atomic E-state index is 10.9. The van der Waals surface area contributed by atoms with Crippen LogP contribution in [-0.2, 0) is 0 Å². The molecule has 0 bridgehead atoms. The first kappa shape index (κ1) is 16.4. The van der Waals surface area contributed by atoms with Crippen molar-refractivity contribution in [3.8, 4) is 5.69 Å². The van der Waals surface area contributed by atoms with E-state index in [9.17, 15) is 4.79 Å². The second-order valence-corrected chi connectivity index (χ2v) is 5.02. The summed E-state index contributed by atoms with van der Waals surface area (Å²) in [6.07, 6.45) is 6.36. The first-order chi connectivity index (χ1) is 11.0. The molecule has 0 spiro atoms. The summed E-state index contributed by atoms with van der Waals surface area (Å²) in [5.74, 6) is 0. The standard InChI is InChI=1S/C16H16ClN5O/c1-11(21-16(19)23)9-12(5-7-18)15-6-8-20-22(15)14-4-2-3-13(17)10-14/h2-10H,1,18H2,(H3,19,21,23)/b7-5-,12-9+. The number of rotatable bonds is 5. The van der Waals surface area contributed by atoms with Crippen LogP contribution in [0.4, 0.5) is 4.79 Å². The average molecular weight is 330 g/mol. The van der Waals surface area contributed by atoms with E-state index in [1.54, 1.807) is 35.2 Å². The largest absolute Gasteiger partial charge is 0.405 e. The quantitative estimate of drug-likeness (QED) is 0.735. The molecule has 5 N–H and O–H groups in total. The molecule has 0 radical (unpaired) electrons. The van der Waals surface area contributed by atoms with E-state index in [1.807, 2.05) is 18.2 Å². The van der Waals surface area contributed by atoms with Gasteiger partial charge < -0.3 is 16.8 Å². The lowest BCUT2D eigenvalue weighted by Crippen LogP contribution is -2.27. The van der Waals surface area contributed by atoms with E-state index in [4.69, 9.17) is 23.1 Å². The molecule has 23 heavy (non-hydrogen) atoms. The molecule has 1 aromatic heterocycles. The molecular formula is C16H16ClN5O. The first-order valence-electron chi connectivity index (χ1n) is 6.67. The van der Waals surface area contributed by atoms with Crippen molar-refractivity contribution in [2.75, 3.05) is 0 Å². The molecule has 0 atom stereocenters. The van der Waals surface area contributed by atoms with Crippen molar-refractivity contribution in [3.63, 3.8) is 0 Å². The third-order valence-corrected chi connectivity index (χ3v) is 3.12. The topological polar surface area (TPSA) is 99.0 Å². The fourth-order valence-corrected chi connectivity index (χ4v) is 2.21. The summed E-state index contributed by atoms with van der Waals surface area (Å²) >= 11 is 6.03. The highest BCUT2D eigenvalue weighted by Gasteiger charge is 2.09. The zero-order valence-corrected chi connectivity index (χ0v) is 13.0. The number of primary amides is 1. The maximum Gasteiger partial charge on any atom is 0.316 e. The molecule has 1 heterocycles. The maximum atomic E-state index is 10.9. The molecule has 1 aromatic carbocycles. The number of nitrogens with two attached hydrogens (primary N) is 2. The lowest BCUT2D eigenvalue weighted by atomic mass is 10.1. The molecule has 7 heteroatoms. The molecule has 2 aromatic rings. The van der Waals surface area contributed by atoms with Gasteiger partial charge in [0, 0.05) is 16.3 Å². The number of amides is 2. The van der Waals surface area contributed by atoms with Crippen LogP contribution in [0.15, 0.2) is 67.2 Å². The number of nitrogens with one attached hydrogen (secondary N) is 1. The molecule has 0 saturated carbocycles. The van der Waals surface area contributed by atoms with Gasteiger partial charge in [-0.1, -0.05) is 24.2 Å². The van der Waals surface area contributed by atoms with E-state index in [-0.39, 0.29) is 0 Å². The molecular weight excluding hydrogens is 314 g/mol. The van der Waals surface area contributed by atoms with E-state index < -0.39 is 6.03 Å². The Kier molecular flexibility index (Phi) is 5.22. The second kappa shape index (κ2) is 7.33. The number of benzene rings is 1. The summed E-state index contributed by atoms with van der Waals surface area (Å²) in [6.45, 7) is 3.73. The number of carbonyl (C=O) groups is 1. The fraction of sp³-hybridized carbons (Fsp3) is 0. The lowest BCUT2D eigenvalue weighted by molar-refractivity contribution is 0.251. The first-order valence-corrected chi connectivity index (χ1v) is 7.04. The van der Waals surface area contributed by atoms with Crippen LogP contribution in [0.25, 0.3) is 11.3 Å². The number of aromatic nitrogens is 2. The third kappa shape index (κ3) is 4.24. The number of hydrogen-bond acceptors (Lipinski definition) is 3. The summed E-state index contributed by atoms with van der Waals surface area (Å²) < 4.78 is 1.70. The summed E-state index contributed by atoms with van der Waals surface area (Å²) in [6, 6.07) is 8.40. The number of hydrogen-bond donors (Lipinski definition) is 3. The molecule has 0 aliphatic rings. The summed E-state index contributed by atoms with van der Waals surface area (Å²) in [5, 5.41) is 7.30. The summed E-state index contributed by atoms with van der Waals surface area (Å²) in [5.41, 5.74) is 13.2. The van der Waals surface area contributed by atoms with Crippen LogP contribution in [0.2, 0.25) is 5.02 Å². The highest BCUT2D eigenvalue weighted by Crippen LogP contribution is 2.22. The molecule has 0 aliphatic heterocycles. The lowest BCUT2D eigenvalue weighted by Gasteiger charge is -2.10. The minimum atomic E-state index is -0.689. The zero-order valence-electron chi connectivity index (χ0n) is 12.2. The zero-order chi connectivity index (χ0) is 16.8. The van der Waals surface area contributed by atoms with Gasteiger partial charge in [0.1, 0.15) is 0 Å². The SMILES string of the molecule is C=C(/C=C(\C=C/N)c1ccnn1-c1cccc(Cl)c1)NC(N)=O. The van der Waals surface area contributed by atoms with E-state index >= 15 is 0 Å². The van der Waals surface area contributed by atoms with Crippen molar-refractivity contribution >= 4 is 23.2 Å². The number of carbonyl (C=O) groups excluding carboxylic acids is 1. The molecule has 118 valence electrons. The normalized spacial score (nSPS) is 11.6. The number of nitrogens with zero attached hydrogens (tertiary/aromatic N) is 2. The Morgan fingerprint density at radius 2 is 2.17 bits per heavy atom. The Bertz CT molecular complexity index is 791. The molecule has 0 unspecified atom stereocenters. The monoisotopic (exact) mass is 329 g/mol.